The first kappa shape index (κ1) is 18.7. The fourth-order valence-electron chi connectivity index (χ4n) is 5.01. The number of aromatic nitrogens is 1. The number of benzene rings is 2. The number of piperazine rings is 1. The molecule has 0 radical (unpaired) electrons. The van der Waals surface area contributed by atoms with Crippen LogP contribution in [0.4, 0.5) is 0 Å². The number of methoxy groups -OCH3 is 1. The Morgan fingerprint density at radius 2 is 1.90 bits per heavy atom. The van der Waals surface area contributed by atoms with Crippen LogP contribution in [0.25, 0.3) is 10.9 Å². The minimum atomic E-state index is -1.04. The summed E-state index contributed by atoms with van der Waals surface area (Å²) in [4.78, 5) is 34.0. The average Bonchev–Trinajstić information content (AvgIpc) is 3.15. The zero-order chi connectivity index (χ0) is 21.0. The van der Waals surface area contributed by atoms with E-state index in [1.165, 1.54) is 0 Å². The maximum absolute atomic E-state index is 13.9. The lowest BCUT2D eigenvalue weighted by Gasteiger charge is -2.51. The highest BCUT2D eigenvalue weighted by Crippen LogP contribution is 2.44. The lowest BCUT2D eigenvalue weighted by atomic mass is 9.82. The monoisotopic (exact) mass is 403 g/mol. The summed E-state index contributed by atoms with van der Waals surface area (Å²) in [5.74, 6) is 0.724. The summed E-state index contributed by atoms with van der Waals surface area (Å²) in [6, 6.07) is 15.6. The van der Waals surface area contributed by atoms with Crippen LogP contribution in [0.15, 0.2) is 48.5 Å². The summed E-state index contributed by atoms with van der Waals surface area (Å²) in [6.45, 7) is 4.50. The van der Waals surface area contributed by atoms with Crippen LogP contribution in [-0.2, 0) is 21.5 Å². The summed E-state index contributed by atoms with van der Waals surface area (Å²) >= 11 is 0. The molecule has 0 spiro atoms. The Morgan fingerprint density at radius 3 is 2.63 bits per heavy atom. The van der Waals surface area contributed by atoms with Crippen LogP contribution in [0, 0.1) is 0 Å². The van der Waals surface area contributed by atoms with Gasteiger partial charge < -0.3 is 19.5 Å². The number of nitrogens with one attached hydrogen (secondary N) is 1. The summed E-state index contributed by atoms with van der Waals surface area (Å²) in [6.07, 6.45) is 0.714. The van der Waals surface area contributed by atoms with Gasteiger partial charge in [0.15, 0.2) is 5.54 Å². The van der Waals surface area contributed by atoms with Crippen molar-refractivity contribution in [1.82, 2.24) is 14.8 Å². The quantitative estimate of drug-likeness (QED) is 0.729. The first-order valence-corrected chi connectivity index (χ1v) is 10.3. The van der Waals surface area contributed by atoms with E-state index in [2.05, 4.69) is 4.98 Å². The number of hydrogen-bond donors (Lipinski definition) is 1. The number of carbonyl (C=O) groups excluding carboxylic acids is 2. The SMILES string of the molecule is COc1ccc2[nH]c3c(c2c1)CCN1C(=O)CN([C@@H](C)c2ccccc2)C(=O)[C@]31C. The van der Waals surface area contributed by atoms with Crippen LogP contribution in [0.5, 0.6) is 5.75 Å². The van der Waals surface area contributed by atoms with Gasteiger partial charge >= 0.3 is 0 Å². The van der Waals surface area contributed by atoms with Crippen LogP contribution in [-0.4, -0.2) is 46.8 Å². The highest BCUT2D eigenvalue weighted by atomic mass is 16.5. The summed E-state index contributed by atoms with van der Waals surface area (Å²) in [7, 11) is 1.65. The number of hydrogen-bond acceptors (Lipinski definition) is 3. The number of H-pyrrole nitrogens is 1. The smallest absolute Gasteiger partial charge is 0.255 e. The van der Waals surface area contributed by atoms with E-state index >= 15 is 0 Å². The maximum Gasteiger partial charge on any atom is 0.255 e. The zero-order valence-electron chi connectivity index (χ0n) is 17.4. The number of carbonyl (C=O) groups is 2. The molecule has 0 unspecified atom stereocenters. The van der Waals surface area contributed by atoms with Crippen molar-refractivity contribution < 1.29 is 14.3 Å². The molecule has 2 aliphatic heterocycles. The molecule has 3 aromatic rings. The molecule has 30 heavy (non-hydrogen) atoms. The van der Waals surface area contributed by atoms with Crippen LogP contribution in [0.3, 0.4) is 0 Å². The highest BCUT2D eigenvalue weighted by molar-refractivity contribution is 6.01. The summed E-state index contributed by atoms with van der Waals surface area (Å²) < 4.78 is 5.40. The molecule has 2 aliphatic rings. The maximum atomic E-state index is 13.9. The topological polar surface area (TPSA) is 65.6 Å². The Bertz CT molecular complexity index is 1150. The molecule has 0 bridgehead atoms. The largest absolute Gasteiger partial charge is 0.497 e. The number of nitrogens with zero attached hydrogens (tertiary/aromatic N) is 2. The lowest BCUT2D eigenvalue weighted by Crippen LogP contribution is -2.67. The Balaban J connectivity index is 1.63. The second-order valence-electron chi connectivity index (χ2n) is 8.28. The lowest BCUT2D eigenvalue weighted by molar-refractivity contribution is -0.168. The van der Waals surface area contributed by atoms with Gasteiger partial charge in [0, 0.05) is 17.4 Å². The number of rotatable bonds is 3. The van der Waals surface area contributed by atoms with E-state index in [0.717, 1.165) is 33.5 Å². The van der Waals surface area contributed by atoms with Crippen LogP contribution >= 0.6 is 0 Å². The molecule has 3 heterocycles. The van der Waals surface area contributed by atoms with Crippen LogP contribution in [0.2, 0.25) is 0 Å². The third-order valence-corrected chi connectivity index (χ3v) is 6.76. The number of fused-ring (bicyclic) bond motifs is 5. The summed E-state index contributed by atoms with van der Waals surface area (Å²) in [5.41, 5.74) is 2.85. The van der Waals surface area contributed by atoms with Crippen molar-refractivity contribution in [3.8, 4) is 5.75 Å². The number of ether oxygens (including phenoxy) is 1. The van der Waals surface area contributed by atoms with Crippen molar-refractivity contribution in [2.24, 2.45) is 0 Å². The van der Waals surface area contributed by atoms with Gasteiger partial charge in [-0.05, 0) is 49.6 Å². The van der Waals surface area contributed by atoms with E-state index in [-0.39, 0.29) is 24.4 Å². The molecule has 0 aliphatic carbocycles. The van der Waals surface area contributed by atoms with Gasteiger partial charge in [-0.1, -0.05) is 30.3 Å². The molecule has 154 valence electrons. The third kappa shape index (κ3) is 2.49. The van der Waals surface area contributed by atoms with Crippen molar-refractivity contribution >= 4 is 22.7 Å². The molecule has 0 saturated carbocycles. The van der Waals surface area contributed by atoms with Gasteiger partial charge in [0.05, 0.1) is 18.8 Å². The van der Waals surface area contributed by atoms with Crippen molar-refractivity contribution in [3.05, 3.63) is 65.4 Å². The minimum absolute atomic E-state index is 0.0123. The first-order valence-electron chi connectivity index (χ1n) is 10.3. The molecule has 1 N–H and O–H groups in total. The molecule has 6 nitrogen and oxygen atoms in total. The van der Waals surface area contributed by atoms with E-state index in [4.69, 9.17) is 4.74 Å². The van der Waals surface area contributed by atoms with E-state index < -0.39 is 5.54 Å². The third-order valence-electron chi connectivity index (χ3n) is 6.76. The minimum Gasteiger partial charge on any atom is -0.497 e. The van der Waals surface area contributed by atoms with Crippen molar-refractivity contribution in [2.75, 3.05) is 20.2 Å². The molecule has 1 fully saturated rings. The molecule has 2 amide bonds. The predicted molar refractivity (Wildman–Crippen MR) is 114 cm³/mol. The Morgan fingerprint density at radius 1 is 1.13 bits per heavy atom. The molecule has 6 heteroatoms. The van der Waals surface area contributed by atoms with Crippen molar-refractivity contribution in [2.45, 2.75) is 31.8 Å². The Kier molecular flexibility index (Phi) is 4.13. The second-order valence-corrected chi connectivity index (χ2v) is 8.28. The van der Waals surface area contributed by atoms with Gasteiger partial charge in [-0.2, -0.15) is 0 Å². The van der Waals surface area contributed by atoms with Crippen molar-refractivity contribution in [1.29, 1.82) is 0 Å². The normalized spacial score (nSPS) is 22.1. The summed E-state index contributed by atoms with van der Waals surface area (Å²) in [5, 5.41) is 1.05. The van der Waals surface area contributed by atoms with Gasteiger partial charge in [-0.3, -0.25) is 9.59 Å². The number of aromatic amines is 1. The van der Waals surface area contributed by atoms with E-state index in [1.807, 2.05) is 62.4 Å². The van der Waals surface area contributed by atoms with Crippen LogP contribution in [0.1, 0.15) is 36.7 Å². The molecule has 2 atom stereocenters. The first-order chi connectivity index (χ1) is 14.4. The zero-order valence-corrected chi connectivity index (χ0v) is 17.4. The Labute approximate surface area is 175 Å². The van der Waals surface area contributed by atoms with Gasteiger partial charge in [0.2, 0.25) is 5.91 Å². The highest BCUT2D eigenvalue weighted by Gasteiger charge is 2.54. The Hall–Kier alpha value is -3.28. The number of amides is 2. The van der Waals surface area contributed by atoms with Gasteiger partial charge in [0.1, 0.15) is 12.3 Å². The van der Waals surface area contributed by atoms with Gasteiger partial charge in [-0.25, -0.2) is 0 Å². The van der Waals surface area contributed by atoms with Crippen molar-refractivity contribution in [3.63, 3.8) is 0 Å². The average molecular weight is 403 g/mol. The second kappa shape index (κ2) is 6.62. The molecular weight excluding hydrogens is 378 g/mol. The molecular formula is C24H25N3O3. The van der Waals surface area contributed by atoms with Gasteiger partial charge in [-0.15, -0.1) is 0 Å². The molecule has 2 aromatic carbocycles. The van der Waals surface area contributed by atoms with E-state index in [1.54, 1.807) is 16.9 Å². The molecule has 1 saturated heterocycles. The molecule has 1 aromatic heterocycles. The van der Waals surface area contributed by atoms with Crippen LogP contribution < -0.4 is 4.74 Å². The van der Waals surface area contributed by atoms with E-state index in [9.17, 15) is 9.59 Å². The van der Waals surface area contributed by atoms with E-state index in [0.29, 0.717) is 13.0 Å². The standard InChI is InChI=1S/C24H25N3O3/c1-15(16-7-5-4-6-8-16)26-14-21(28)27-12-11-18-19-13-17(30-3)9-10-20(19)25-22(18)24(27,2)23(26)29/h4-10,13,15,25H,11-12,14H2,1-3H3/t15-,24-/m0/s1. The van der Waals surface area contributed by atoms with Gasteiger partial charge in [0.25, 0.3) is 5.91 Å². The fourth-order valence-corrected chi connectivity index (χ4v) is 5.01. The molecule has 5 rings (SSSR count). The predicted octanol–water partition coefficient (Wildman–Crippen LogP) is 3.38. The fraction of sp³-hybridized carbons (Fsp3) is 0.333.